The Morgan fingerprint density at radius 2 is 1.13 bits per heavy atom. The number of rotatable bonds is 1. The van der Waals surface area contributed by atoms with Crippen molar-refractivity contribution in [2.24, 2.45) is 0 Å². The van der Waals surface area contributed by atoms with Gasteiger partial charge in [0.05, 0.1) is 72.6 Å². The Bertz CT molecular complexity index is 682. The number of morpholine rings is 1. The lowest BCUT2D eigenvalue weighted by Crippen LogP contribution is -2.36. The Balaban J connectivity index is 1.55. The summed E-state index contributed by atoms with van der Waals surface area (Å²) in [6.45, 7) is 9.12. The van der Waals surface area contributed by atoms with E-state index in [4.69, 9.17) is 33.2 Å². The summed E-state index contributed by atoms with van der Waals surface area (Å²) in [5, 5.41) is 0. The summed E-state index contributed by atoms with van der Waals surface area (Å²) in [5.41, 5.74) is 0.889. The lowest BCUT2D eigenvalue weighted by atomic mass is 10.2. The van der Waals surface area contributed by atoms with Gasteiger partial charge in [0.25, 0.3) is 0 Å². The van der Waals surface area contributed by atoms with Gasteiger partial charge in [0.2, 0.25) is 0 Å². The van der Waals surface area contributed by atoms with E-state index in [9.17, 15) is 0 Å². The Morgan fingerprint density at radius 3 is 1.74 bits per heavy atom. The van der Waals surface area contributed by atoms with Crippen molar-refractivity contribution < 1.29 is 33.2 Å². The third kappa shape index (κ3) is 9.87. The highest BCUT2D eigenvalue weighted by molar-refractivity contribution is 5.48. The molecule has 0 spiro atoms. The largest absolute Gasteiger partial charge is 0.487 e. The molecule has 0 atom stereocenters. The molecule has 2 aliphatic heterocycles. The van der Waals surface area contributed by atoms with Crippen LogP contribution in [-0.4, -0.2) is 104 Å². The van der Waals surface area contributed by atoms with E-state index in [-0.39, 0.29) is 0 Å². The highest BCUT2D eigenvalue weighted by Crippen LogP contribution is 2.28. The molecule has 31 heavy (non-hydrogen) atoms. The van der Waals surface area contributed by atoms with Crippen molar-refractivity contribution in [3.63, 3.8) is 0 Å². The zero-order valence-corrected chi connectivity index (χ0v) is 18.1. The van der Waals surface area contributed by atoms with Crippen LogP contribution in [0, 0.1) is 11.8 Å². The van der Waals surface area contributed by atoms with Crippen molar-refractivity contribution >= 4 is 0 Å². The molecule has 0 unspecified atom stereocenters. The molecule has 0 saturated carbocycles. The SMILES string of the molecule is C(#Cc1ccc2c(c1)OCCOCCOCCOCCOCCO2)CN1CCOCC1. The van der Waals surface area contributed by atoms with E-state index < -0.39 is 0 Å². The molecule has 0 aliphatic carbocycles. The summed E-state index contributed by atoms with van der Waals surface area (Å²) in [6.07, 6.45) is 0. The third-order valence-corrected chi connectivity index (χ3v) is 4.67. The van der Waals surface area contributed by atoms with Gasteiger partial charge in [-0.2, -0.15) is 0 Å². The van der Waals surface area contributed by atoms with Gasteiger partial charge in [-0.15, -0.1) is 0 Å². The number of nitrogens with zero attached hydrogens (tertiary/aromatic N) is 1. The van der Waals surface area contributed by atoms with E-state index in [1.54, 1.807) is 0 Å². The molecule has 2 heterocycles. The summed E-state index contributed by atoms with van der Waals surface area (Å²) in [6, 6.07) is 5.76. The molecule has 2 aliphatic rings. The van der Waals surface area contributed by atoms with Gasteiger partial charge in [0.1, 0.15) is 13.2 Å². The fourth-order valence-corrected chi connectivity index (χ4v) is 3.01. The maximum Gasteiger partial charge on any atom is 0.162 e. The molecule has 1 aromatic carbocycles. The minimum absolute atomic E-state index is 0.417. The number of hydrogen-bond acceptors (Lipinski definition) is 8. The molecule has 172 valence electrons. The molecule has 8 nitrogen and oxygen atoms in total. The van der Waals surface area contributed by atoms with Gasteiger partial charge >= 0.3 is 0 Å². The average Bonchev–Trinajstić information content (AvgIpc) is 2.80. The van der Waals surface area contributed by atoms with Crippen molar-refractivity contribution in [1.82, 2.24) is 4.90 Å². The van der Waals surface area contributed by atoms with Crippen molar-refractivity contribution in [2.45, 2.75) is 0 Å². The topological polar surface area (TPSA) is 67.9 Å². The van der Waals surface area contributed by atoms with Gasteiger partial charge in [-0.05, 0) is 18.2 Å². The predicted molar refractivity (Wildman–Crippen MR) is 115 cm³/mol. The van der Waals surface area contributed by atoms with Crippen LogP contribution in [-0.2, 0) is 23.7 Å². The second-order valence-electron chi connectivity index (χ2n) is 7.00. The molecule has 1 fully saturated rings. The molecule has 0 amide bonds. The lowest BCUT2D eigenvalue weighted by molar-refractivity contribution is -0.00841. The number of benzene rings is 1. The van der Waals surface area contributed by atoms with Crippen molar-refractivity contribution in [2.75, 3.05) is 98.9 Å². The standard InChI is InChI=1S/C23H33NO7/c1(5-24-6-8-25-9-7-24)2-21-3-4-22-23(20-21)31-19-17-29-15-13-27-11-10-26-12-14-28-16-18-30-22/h3-4,20H,5-19H2. The van der Waals surface area contributed by atoms with E-state index in [1.165, 1.54) is 0 Å². The number of fused-ring (bicyclic) bond motifs is 1. The Hall–Kier alpha value is -1.86. The second-order valence-corrected chi connectivity index (χ2v) is 7.00. The highest BCUT2D eigenvalue weighted by atomic mass is 16.6. The summed E-state index contributed by atoms with van der Waals surface area (Å²) in [7, 11) is 0. The van der Waals surface area contributed by atoms with Crippen LogP contribution in [0.15, 0.2) is 18.2 Å². The molecular weight excluding hydrogens is 402 g/mol. The van der Waals surface area contributed by atoms with Gasteiger partial charge in [0.15, 0.2) is 11.5 Å². The zero-order valence-electron chi connectivity index (χ0n) is 18.1. The van der Waals surface area contributed by atoms with E-state index in [0.29, 0.717) is 77.6 Å². The van der Waals surface area contributed by atoms with Crippen LogP contribution in [0.25, 0.3) is 0 Å². The molecular formula is C23H33NO7. The van der Waals surface area contributed by atoms with Crippen LogP contribution in [0.3, 0.4) is 0 Å². The number of ether oxygens (including phenoxy) is 7. The minimum Gasteiger partial charge on any atom is -0.487 e. The highest BCUT2D eigenvalue weighted by Gasteiger charge is 2.09. The first-order chi connectivity index (χ1) is 15.4. The monoisotopic (exact) mass is 435 g/mol. The molecule has 1 aromatic rings. The normalized spacial score (nSPS) is 20.6. The summed E-state index contributed by atoms with van der Waals surface area (Å²) >= 11 is 0. The first-order valence-corrected chi connectivity index (χ1v) is 10.9. The fraction of sp³-hybridized carbons (Fsp3) is 0.652. The fourth-order valence-electron chi connectivity index (χ4n) is 3.01. The molecule has 3 rings (SSSR count). The molecule has 8 heteroatoms. The lowest BCUT2D eigenvalue weighted by Gasteiger charge is -2.24. The molecule has 0 N–H and O–H groups in total. The van der Waals surface area contributed by atoms with Crippen LogP contribution in [0.1, 0.15) is 5.56 Å². The predicted octanol–water partition coefficient (Wildman–Crippen LogP) is 1.21. The van der Waals surface area contributed by atoms with Crippen LogP contribution >= 0.6 is 0 Å². The molecule has 0 radical (unpaired) electrons. The summed E-state index contributed by atoms with van der Waals surface area (Å²) in [5.74, 6) is 7.78. The Kier molecular flexibility index (Phi) is 11.5. The van der Waals surface area contributed by atoms with Gasteiger partial charge in [-0.3, -0.25) is 4.90 Å². The van der Waals surface area contributed by atoms with Crippen LogP contribution in [0.2, 0.25) is 0 Å². The minimum atomic E-state index is 0.417. The van der Waals surface area contributed by atoms with Gasteiger partial charge in [0, 0.05) is 18.7 Å². The maximum atomic E-state index is 5.92. The van der Waals surface area contributed by atoms with E-state index in [0.717, 1.165) is 38.4 Å². The van der Waals surface area contributed by atoms with E-state index in [2.05, 4.69) is 16.7 Å². The van der Waals surface area contributed by atoms with Crippen LogP contribution in [0.5, 0.6) is 11.5 Å². The van der Waals surface area contributed by atoms with Crippen LogP contribution in [0.4, 0.5) is 0 Å². The van der Waals surface area contributed by atoms with E-state index in [1.807, 2.05) is 18.2 Å². The van der Waals surface area contributed by atoms with E-state index >= 15 is 0 Å². The quantitative estimate of drug-likeness (QED) is 0.610. The van der Waals surface area contributed by atoms with Gasteiger partial charge in [-0.1, -0.05) is 11.8 Å². The second kappa shape index (κ2) is 15.0. The first kappa shape index (κ1) is 23.8. The zero-order chi connectivity index (χ0) is 21.4. The third-order valence-electron chi connectivity index (χ3n) is 4.67. The van der Waals surface area contributed by atoms with Crippen LogP contribution < -0.4 is 9.47 Å². The number of hydrogen-bond donors (Lipinski definition) is 0. The van der Waals surface area contributed by atoms with Crippen molar-refractivity contribution in [1.29, 1.82) is 0 Å². The van der Waals surface area contributed by atoms with Gasteiger partial charge < -0.3 is 33.2 Å². The van der Waals surface area contributed by atoms with Crippen molar-refractivity contribution in [3.05, 3.63) is 23.8 Å². The first-order valence-electron chi connectivity index (χ1n) is 10.9. The van der Waals surface area contributed by atoms with Crippen molar-refractivity contribution in [3.8, 4) is 23.3 Å². The Labute approximate surface area is 184 Å². The Morgan fingerprint density at radius 1 is 0.613 bits per heavy atom. The van der Waals surface area contributed by atoms with Gasteiger partial charge in [-0.25, -0.2) is 0 Å². The smallest absolute Gasteiger partial charge is 0.162 e. The summed E-state index contributed by atoms with van der Waals surface area (Å²) < 4.78 is 39.2. The molecule has 0 aromatic heterocycles. The molecule has 1 saturated heterocycles. The molecule has 0 bridgehead atoms. The average molecular weight is 436 g/mol. The maximum absolute atomic E-state index is 5.92. The summed E-state index contributed by atoms with van der Waals surface area (Å²) in [4.78, 5) is 2.29.